The molecule has 1 N–H and O–H groups in total. The van der Waals surface area contributed by atoms with Gasteiger partial charge in [0, 0.05) is 44.3 Å². The fourth-order valence-electron chi connectivity index (χ4n) is 5.31. The van der Waals surface area contributed by atoms with Crippen molar-refractivity contribution in [3.8, 4) is 0 Å². The Morgan fingerprint density at radius 2 is 1.65 bits per heavy atom. The molecule has 0 unspecified atom stereocenters. The summed E-state index contributed by atoms with van der Waals surface area (Å²) in [5.74, 6) is 0.405. The molecule has 1 saturated heterocycles. The molecule has 2 aliphatic rings. The average Bonchev–Trinajstić information content (AvgIpc) is 2.87. The van der Waals surface area contributed by atoms with E-state index in [-0.39, 0.29) is 23.2 Å². The Labute approximate surface area is 203 Å². The second kappa shape index (κ2) is 9.70. The van der Waals surface area contributed by atoms with Crippen LogP contribution in [0, 0.1) is 22.4 Å². The lowest BCUT2D eigenvalue weighted by Gasteiger charge is -2.39. The van der Waals surface area contributed by atoms with Crippen molar-refractivity contribution in [3.63, 3.8) is 0 Å². The second-order valence-corrected chi connectivity index (χ2v) is 9.78. The van der Waals surface area contributed by atoms with Crippen molar-refractivity contribution >= 4 is 34.7 Å². The van der Waals surface area contributed by atoms with Crippen LogP contribution >= 0.6 is 12.2 Å². The highest BCUT2D eigenvalue weighted by molar-refractivity contribution is 7.71. The topological polar surface area (TPSA) is 61.3 Å². The molecule has 8 heteroatoms. The molecule has 1 aliphatic heterocycles. The number of halogens is 1. The molecule has 0 spiro atoms. The highest BCUT2D eigenvalue weighted by Crippen LogP contribution is 2.31. The zero-order chi connectivity index (χ0) is 23.7. The summed E-state index contributed by atoms with van der Waals surface area (Å²) in [6, 6.07) is 14.0. The predicted octanol–water partition coefficient (Wildman–Crippen LogP) is 4.35. The molecule has 1 amide bonds. The van der Waals surface area contributed by atoms with E-state index in [9.17, 15) is 14.0 Å². The first kappa shape index (κ1) is 22.8. The van der Waals surface area contributed by atoms with Crippen LogP contribution in [0.25, 0.3) is 10.9 Å². The zero-order valence-corrected chi connectivity index (χ0v) is 19.9. The number of aromatic nitrogens is 2. The third-order valence-corrected chi connectivity index (χ3v) is 7.63. The summed E-state index contributed by atoms with van der Waals surface area (Å²) >= 11 is 5.46. The summed E-state index contributed by atoms with van der Waals surface area (Å²) in [6.07, 6.45) is 3.53. The van der Waals surface area contributed by atoms with Crippen LogP contribution in [-0.4, -0.2) is 46.5 Å². The quantitative estimate of drug-likeness (QED) is 0.564. The third kappa shape index (κ3) is 4.64. The van der Waals surface area contributed by atoms with Crippen LogP contribution in [0.2, 0.25) is 0 Å². The minimum Gasteiger partial charge on any atom is -0.368 e. The molecule has 6 nitrogen and oxygen atoms in total. The minimum atomic E-state index is -0.235. The summed E-state index contributed by atoms with van der Waals surface area (Å²) < 4.78 is 15.3. The number of hydrogen-bond acceptors (Lipinski definition) is 4. The van der Waals surface area contributed by atoms with Gasteiger partial charge in [0.25, 0.3) is 5.56 Å². The SMILES string of the molecule is O=C(C1CCC(Cn2c(=S)[nH]c3ccccc3c2=O)CC1)N1CCN(c2ccc(F)cc2)CC1. The number of piperazine rings is 1. The van der Waals surface area contributed by atoms with E-state index >= 15 is 0 Å². The summed E-state index contributed by atoms with van der Waals surface area (Å²) in [7, 11) is 0. The van der Waals surface area contributed by atoms with E-state index in [4.69, 9.17) is 12.2 Å². The van der Waals surface area contributed by atoms with Crippen LogP contribution in [0.3, 0.4) is 0 Å². The van der Waals surface area contributed by atoms with Gasteiger partial charge < -0.3 is 14.8 Å². The Bertz CT molecular complexity index is 1290. The molecule has 34 heavy (non-hydrogen) atoms. The first-order valence-corrected chi connectivity index (χ1v) is 12.4. The van der Waals surface area contributed by atoms with Crippen molar-refractivity contribution in [2.24, 2.45) is 11.8 Å². The lowest BCUT2D eigenvalue weighted by Crippen LogP contribution is -2.50. The fraction of sp³-hybridized carbons (Fsp3) is 0.423. The molecule has 1 aliphatic carbocycles. The molecule has 2 aromatic carbocycles. The van der Waals surface area contributed by atoms with Crippen LogP contribution in [-0.2, 0) is 11.3 Å². The summed E-state index contributed by atoms with van der Waals surface area (Å²) in [5, 5.41) is 0.653. The number of anilines is 1. The number of amides is 1. The Morgan fingerprint density at radius 3 is 2.35 bits per heavy atom. The molecule has 0 bridgehead atoms. The zero-order valence-electron chi connectivity index (χ0n) is 19.1. The molecule has 3 aromatic rings. The molecule has 1 aromatic heterocycles. The number of nitrogens with zero attached hydrogens (tertiary/aromatic N) is 3. The maximum Gasteiger partial charge on any atom is 0.262 e. The number of H-pyrrole nitrogens is 1. The van der Waals surface area contributed by atoms with Crippen LogP contribution in [0.5, 0.6) is 0 Å². The van der Waals surface area contributed by atoms with E-state index in [1.807, 2.05) is 29.2 Å². The number of carbonyl (C=O) groups excluding carboxylic acids is 1. The van der Waals surface area contributed by atoms with Gasteiger partial charge in [-0.2, -0.15) is 0 Å². The molecule has 5 rings (SSSR count). The van der Waals surface area contributed by atoms with Gasteiger partial charge in [0.15, 0.2) is 4.77 Å². The third-order valence-electron chi connectivity index (χ3n) is 7.31. The second-order valence-electron chi connectivity index (χ2n) is 9.40. The van der Waals surface area contributed by atoms with Gasteiger partial charge in [0.1, 0.15) is 5.82 Å². The Kier molecular flexibility index (Phi) is 6.50. The molecule has 1 saturated carbocycles. The maximum absolute atomic E-state index is 13.2. The lowest BCUT2D eigenvalue weighted by molar-refractivity contribution is -0.137. The average molecular weight is 481 g/mol. The van der Waals surface area contributed by atoms with E-state index in [0.29, 0.717) is 35.7 Å². The van der Waals surface area contributed by atoms with Crippen LogP contribution in [0.15, 0.2) is 53.3 Å². The summed E-state index contributed by atoms with van der Waals surface area (Å²) in [6.45, 7) is 3.50. The number of aromatic amines is 1. The van der Waals surface area contributed by atoms with Gasteiger partial charge in [-0.15, -0.1) is 0 Å². The molecule has 178 valence electrons. The van der Waals surface area contributed by atoms with Crippen molar-refractivity contribution in [3.05, 3.63) is 69.5 Å². The standard InChI is InChI=1S/C26H29FN4O2S/c27-20-9-11-21(12-10-20)29-13-15-30(16-14-29)24(32)19-7-5-18(6-8-19)17-31-25(33)22-3-1-2-4-23(22)28-26(31)34/h1-4,9-12,18-19H,5-8,13-17H2,(H,28,34). The van der Waals surface area contributed by atoms with Gasteiger partial charge in [-0.25, -0.2) is 4.39 Å². The van der Waals surface area contributed by atoms with Gasteiger partial charge in [-0.05, 0) is 80.2 Å². The monoisotopic (exact) mass is 480 g/mol. The normalized spacial score (nSPS) is 21.1. The lowest BCUT2D eigenvalue weighted by atomic mass is 9.81. The van der Waals surface area contributed by atoms with Gasteiger partial charge in [0.2, 0.25) is 5.91 Å². The highest BCUT2D eigenvalue weighted by atomic mass is 32.1. The van der Waals surface area contributed by atoms with E-state index in [2.05, 4.69) is 9.88 Å². The van der Waals surface area contributed by atoms with E-state index in [1.165, 1.54) is 12.1 Å². The first-order chi connectivity index (χ1) is 16.5. The number of carbonyl (C=O) groups is 1. The smallest absolute Gasteiger partial charge is 0.262 e. The molecular formula is C26H29FN4O2S. The van der Waals surface area contributed by atoms with Gasteiger partial charge in [-0.3, -0.25) is 14.2 Å². The first-order valence-electron chi connectivity index (χ1n) is 12.0. The predicted molar refractivity (Wildman–Crippen MR) is 134 cm³/mol. The minimum absolute atomic E-state index is 0.0448. The number of benzene rings is 2. The Balaban J connectivity index is 1.16. The van der Waals surface area contributed by atoms with Crippen LogP contribution in [0.1, 0.15) is 25.7 Å². The number of fused-ring (bicyclic) bond motifs is 1. The van der Waals surface area contributed by atoms with Gasteiger partial charge in [-0.1, -0.05) is 12.1 Å². The molecule has 2 fully saturated rings. The number of para-hydroxylation sites is 1. The largest absolute Gasteiger partial charge is 0.368 e. The number of hydrogen-bond donors (Lipinski definition) is 1. The fourth-order valence-corrected chi connectivity index (χ4v) is 5.58. The molecule has 0 radical (unpaired) electrons. The van der Waals surface area contributed by atoms with Crippen molar-refractivity contribution in [2.75, 3.05) is 31.1 Å². The van der Waals surface area contributed by atoms with E-state index < -0.39 is 0 Å². The highest BCUT2D eigenvalue weighted by Gasteiger charge is 2.31. The summed E-state index contributed by atoms with van der Waals surface area (Å²) in [5.41, 5.74) is 1.72. The summed E-state index contributed by atoms with van der Waals surface area (Å²) in [4.78, 5) is 33.4. The van der Waals surface area contributed by atoms with Gasteiger partial charge in [0.05, 0.1) is 10.9 Å². The van der Waals surface area contributed by atoms with Crippen LogP contribution in [0.4, 0.5) is 10.1 Å². The van der Waals surface area contributed by atoms with E-state index in [1.54, 1.807) is 16.7 Å². The Hall–Kier alpha value is -3.00. The number of rotatable bonds is 4. The van der Waals surface area contributed by atoms with Crippen molar-refractivity contribution in [1.82, 2.24) is 14.5 Å². The van der Waals surface area contributed by atoms with Crippen molar-refractivity contribution in [1.29, 1.82) is 0 Å². The maximum atomic E-state index is 13.2. The molecular weight excluding hydrogens is 451 g/mol. The van der Waals surface area contributed by atoms with Gasteiger partial charge >= 0.3 is 0 Å². The molecule has 0 atom stereocenters. The van der Waals surface area contributed by atoms with Crippen molar-refractivity contribution < 1.29 is 9.18 Å². The van der Waals surface area contributed by atoms with Crippen molar-refractivity contribution in [2.45, 2.75) is 32.2 Å². The van der Waals surface area contributed by atoms with Crippen LogP contribution < -0.4 is 10.5 Å². The number of nitrogens with one attached hydrogen (secondary N) is 1. The van der Waals surface area contributed by atoms with E-state index in [0.717, 1.165) is 50.0 Å². The Morgan fingerprint density at radius 1 is 0.971 bits per heavy atom. The molecule has 2 heterocycles.